The molecule has 1 fully saturated rings. The molecule has 7 nitrogen and oxygen atoms in total. The van der Waals surface area contributed by atoms with Gasteiger partial charge in [-0.3, -0.25) is 9.59 Å². The maximum Gasteiger partial charge on any atom is 0.351 e. The number of rotatable bonds is 4. The van der Waals surface area contributed by atoms with E-state index in [1.807, 2.05) is 13.8 Å². The molecule has 2 aliphatic carbocycles. The van der Waals surface area contributed by atoms with Crippen LogP contribution in [0, 0.1) is 17.8 Å². The first-order valence-corrected chi connectivity index (χ1v) is 10.6. The van der Waals surface area contributed by atoms with Gasteiger partial charge in [-0.2, -0.15) is 0 Å². The first kappa shape index (κ1) is 23.0. The Morgan fingerprint density at radius 1 is 1.26 bits per heavy atom. The van der Waals surface area contributed by atoms with Gasteiger partial charge in [0.15, 0.2) is 5.78 Å². The van der Waals surface area contributed by atoms with Crippen LogP contribution >= 0.6 is 0 Å². The molecule has 1 aliphatic heterocycles. The van der Waals surface area contributed by atoms with Crippen LogP contribution in [-0.2, 0) is 33.4 Å². The predicted molar refractivity (Wildman–Crippen MR) is 112 cm³/mol. The molecule has 0 aromatic rings. The number of ether oxygens (including phenoxy) is 3. The Bertz CT molecular complexity index is 936. The molecular weight excluding hydrogens is 400 g/mol. The van der Waals surface area contributed by atoms with Crippen LogP contribution in [0.2, 0.25) is 0 Å². The zero-order valence-electron chi connectivity index (χ0n) is 19.1. The van der Waals surface area contributed by atoms with Crippen molar-refractivity contribution >= 4 is 23.7 Å². The van der Waals surface area contributed by atoms with Gasteiger partial charge in [0, 0.05) is 23.5 Å². The second-order valence-electron chi connectivity index (χ2n) is 9.12. The summed E-state index contributed by atoms with van der Waals surface area (Å²) in [5, 5.41) is 0. The van der Waals surface area contributed by atoms with Gasteiger partial charge in [-0.05, 0) is 40.7 Å². The highest BCUT2D eigenvalue weighted by Crippen LogP contribution is 2.51. The van der Waals surface area contributed by atoms with Gasteiger partial charge in [0.25, 0.3) is 0 Å². The summed E-state index contributed by atoms with van der Waals surface area (Å²) in [4.78, 5) is 50.9. The molecule has 0 spiro atoms. The van der Waals surface area contributed by atoms with Gasteiger partial charge in [-0.25, -0.2) is 9.59 Å². The molecule has 0 unspecified atom stereocenters. The lowest BCUT2D eigenvalue weighted by Crippen LogP contribution is -2.50. The summed E-state index contributed by atoms with van der Waals surface area (Å²) < 4.78 is 17.3. The van der Waals surface area contributed by atoms with Crippen molar-refractivity contribution in [2.45, 2.75) is 72.7 Å². The number of carbonyl (C=O) groups is 4. The van der Waals surface area contributed by atoms with Gasteiger partial charge in [-0.1, -0.05) is 31.1 Å². The van der Waals surface area contributed by atoms with E-state index in [0.717, 1.165) is 11.1 Å². The van der Waals surface area contributed by atoms with Crippen LogP contribution in [0.25, 0.3) is 0 Å². The molecule has 0 bridgehead atoms. The van der Waals surface area contributed by atoms with Gasteiger partial charge in [0.05, 0.1) is 11.8 Å². The highest BCUT2D eigenvalue weighted by Gasteiger charge is 2.65. The van der Waals surface area contributed by atoms with E-state index in [2.05, 4.69) is 0 Å². The topological polar surface area (TPSA) is 96.0 Å². The van der Waals surface area contributed by atoms with Crippen molar-refractivity contribution < 1.29 is 33.4 Å². The number of esters is 3. The summed E-state index contributed by atoms with van der Waals surface area (Å²) >= 11 is 0. The zero-order valence-corrected chi connectivity index (χ0v) is 19.1. The van der Waals surface area contributed by atoms with Crippen LogP contribution in [0.1, 0.15) is 54.9 Å². The van der Waals surface area contributed by atoms with Gasteiger partial charge >= 0.3 is 17.9 Å². The highest BCUT2D eigenvalue weighted by molar-refractivity contribution is 6.09. The van der Waals surface area contributed by atoms with E-state index in [9.17, 15) is 19.2 Å². The molecule has 3 rings (SSSR count). The Morgan fingerprint density at radius 2 is 1.90 bits per heavy atom. The zero-order chi connectivity index (χ0) is 23.2. The number of hydrogen-bond acceptors (Lipinski definition) is 7. The monoisotopic (exact) mass is 430 g/mol. The maximum absolute atomic E-state index is 13.1. The molecule has 0 amide bonds. The fourth-order valence-corrected chi connectivity index (χ4v) is 4.70. The van der Waals surface area contributed by atoms with E-state index in [1.165, 1.54) is 6.92 Å². The molecule has 0 aromatic heterocycles. The van der Waals surface area contributed by atoms with Crippen molar-refractivity contribution in [3.05, 3.63) is 34.4 Å². The fraction of sp³-hybridized carbons (Fsp3) is 0.583. The van der Waals surface area contributed by atoms with E-state index in [1.54, 1.807) is 39.8 Å². The number of hydrogen-bond donors (Lipinski definition) is 0. The Hall–Kier alpha value is -2.70. The third-order valence-corrected chi connectivity index (χ3v) is 6.56. The molecule has 0 saturated carbocycles. The minimum absolute atomic E-state index is 0.124. The van der Waals surface area contributed by atoms with Crippen molar-refractivity contribution in [3.63, 3.8) is 0 Å². The lowest BCUT2D eigenvalue weighted by atomic mass is 9.77. The molecule has 7 heteroatoms. The molecule has 1 heterocycles. The summed E-state index contributed by atoms with van der Waals surface area (Å²) in [5.74, 6) is -3.48. The summed E-state index contributed by atoms with van der Waals surface area (Å²) in [6.45, 7) is 11.9. The van der Waals surface area contributed by atoms with Crippen LogP contribution in [0.3, 0.4) is 0 Å². The third kappa shape index (κ3) is 3.75. The summed E-state index contributed by atoms with van der Waals surface area (Å²) in [7, 11) is 0. The van der Waals surface area contributed by atoms with Crippen molar-refractivity contribution in [2.75, 3.05) is 0 Å². The largest absolute Gasteiger partial charge is 0.461 e. The number of fused-ring (bicyclic) bond motifs is 3. The van der Waals surface area contributed by atoms with E-state index >= 15 is 0 Å². The Morgan fingerprint density at radius 3 is 2.48 bits per heavy atom. The summed E-state index contributed by atoms with van der Waals surface area (Å²) in [6.07, 6.45) is 1.84. The van der Waals surface area contributed by atoms with Crippen LogP contribution < -0.4 is 0 Å². The number of allylic oxidation sites excluding steroid dienone is 2. The van der Waals surface area contributed by atoms with Gasteiger partial charge in [-0.15, -0.1) is 0 Å². The molecule has 1 saturated heterocycles. The molecule has 5 atom stereocenters. The SMILES string of the molecule is C/C=C(/C)C(=O)O[C@]1(C)C(=O)O[C@H]2[C@@H]3C(C)=CC(=O)C3=C(C)C[C@@H](OC(=O)C(C)C)[C@H]21. The Balaban J connectivity index is 2.11. The normalized spacial score (nSPS) is 32.9. The minimum atomic E-state index is -1.66. The van der Waals surface area contributed by atoms with E-state index in [-0.39, 0.29) is 18.1 Å². The van der Waals surface area contributed by atoms with E-state index in [4.69, 9.17) is 14.2 Å². The van der Waals surface area contributed by atoms with Crippen molar-refractivity contribution in [2.24, 2.45) is 17.8 Å². The van der Waals surface area contributed by atoms with Crippen molar-refractivity contribution in [1.82, 2.24) is 0 Å². The van der Waals surface area contributed by atoms with Crippen LogP contribution in [0.4, 0.5) is 0 Å². The number of ketones is 1. The lowest BCUT2D eigenvalue weighted by molar-refractivity contribution is -0.177. The molecular formula is C24H30O7. The smallest absolute Gasteiger partial charge is 0.351 e. The van der Waals surface area contributed by atoms with Crippen molar-refractivity contribution in [1.29, 1.82) is 0 Å². The second-order valence-corrected chi connectivity index (χ2v) is 9.12. The maximum atomic E-state index is 13.1. The van der Waals surface area contributed by atoms with Gasteiger partial charge in [0.1, 0.15) is 12.2 Å². The predicted octanol–water partition coefficient (Wildman–Crippen LogP) is 3.23. The van der Waals surface area contributed by atoms with E-state index in [0.29, 0.717) is 11.1 Å². The molecule has 0 N–H and O–H groups in total. The second kappa shape index (κ2) is 8.09. The Labute approximate surface area is 182 Å². The average molecular weight is 430 g/mol. The standard InChI is InChI=1S/C24H30O7/c1-8-12(4)22(27)31-24(7)19-16(29-21(26)11(2)3)10-14(6)17-15(25)9-13(5)18(17)20(19)30-23(24)28/h8-9,11,16,18-20H,10H2,1-7H3/b12-8-/t16-,18-,19-,20+,24+/m1/s1. The van der Waals surface area contributed by atoms with Gasteiger partial charge in [0.2, 0.25) is 5.60 Å². The summed E-state index contributed by atoms with van der Waals surface area (Å²) in [6, 6.07) is 0. The average Bonchev–Trinajstić information content (AvgIpc) is 3.07. The van der Waals surface area contributed by atoms with Crippen molar-refractivity contribution in [3.8, 4) is 0 Å². The minimum Gasteiger partial charge on any atom is -0.461 e. The molecule has 31 heavy (non-hydrogen) atoms. The van der Waals surface area contributed by atoms with Gasteiger partial charge < -0.3 is 14.2 Å². The van der Waals surface area contributed by atoms with Crippen LogP contribution in [0.5, 0.6) is 0 Å². The summed E-state index contributed by atoms with van der Waals surface area (Å²) in [5.41, 5.74) is 0.828. The van der Waals surface area contributed by atoms with E-state index < -0.39 is 47.6 Å². The first-order chi connectivity index (χ1) is 14.4. The third-order valence-electron chi connectivity index (χ3n) is 6.56. The molecule has 168 valence electrons. The number of carbonyl (C=O) groups excluding carboxylic acids is 4. The fourth-order valence-electron chi connectivity index (χ4n) is 4.70. The quantitative estimate of drug-likeness (QED) is 0.384. The van der Waals surface area contributed by atoms with Crippen LogP contribution in [-0.4, -0.2) is 41.5 Å². The lowest BCUT2D eigenvalue weighted by Gasteiger charge is -2.35. The van der Waals surface area contributed by atoms with Crippen LogP contribution in [0.15, 0.2) is 34.4 Å². The Kier molecular flexibility index (Phi) is 6.00. The highest BCUT2D eigenvalue weighted by atomic mass is 16.6. The first-order valence-electron chi connectivity index (χ1n) is 10.6. The molecule has 0 radical (unpaired) electrons. The molecule has 0 aromatic carbocycles. The molecule has 3 aliphatic rings.